The van der Waals surface area contributed by atoms with Crippen LogP contribution >= 0.6 is 0 Å². The van der Waals surface area contributed by atoms with Crippen molar-refractivity contribution in [2.24, 2.45) is 7.05 Å². The predicted molar refractivity (Wildman–Crippen MR) is 67.2 cm³/mol. The highest BCUT2D eigenvalue weighted by Gasteiger charge is 2.13. The van der Waals surface area contributed by atoms with E-state index in [1.165, 1.54) is 6.20 Å². The topological polar surface area (TPSA) is 75.6 Å². The van der Waals surface area contributed by atoms with Crippen molar-refractivity contribution in [2.75, 3.05) is 0 Å². The number of hydrogen-bond acceptors (Lipinski definition) is 3. The van der Waals surface area contributed by atoms with Crippen LogP contribution in [-0.4, -0.2) is 25.9 Å². The van der Waals surface area contributed by atoms with E-state index in [0.717, 1.165) is 22.6 Å². The smallest absolute Gasteiger partial charge is 0.255 e. The van der Waals surface area contributed by atoms with Crippen LogP contribution in [0.15, 0.2) is 6.20 Å². The van der Waals surface area contributed by atoms with Crippen molar-refractivity contribution in [1.29, 1.82) is 0 Å². The zero-order chi connectivity index (χ0) is 13.3. The summed E-state index contributed by atoms with van der Waals surface area (Å²) in [6, 6.07) is 0. The van der Waals surface area contributed by atoms with Gasteiger partial charge in [-0.15, -0.1) is 0 Å². The highest BCUT2D eigenvalue weighted by molar-refractivity contribution is 5.94. The molecule has 0 spiro atoms. The van der Waals surface area contributed by atoms with E-state index in [1.807, 2.05) is 32.5 Å². The number of aromatic nitrogens is 4. The van der Waals surface area contributed by atoms with Crippen LogP contribution in [0.2, 0.25) is 0 Å². The second kappa shape index (κ2) is 4.64. The van der Waals surface area contributed by atoms with E-state index in [9.17, 15) is 4.79 Å². The van der Waals surface area contributed by atoms with Gasteiger partial charge >= 0.3 is 0 Å². The second-order valence-electron chi connectivity index (χ2n) is 4.36. The maximum absolute atomic E-state index is 11.9. The Labute approximate surface area is 105 Å². The molecule has 2 rings (SSSR count). The number of H-pyrrole nitrogens is 1. The van der Waals surface area contributed by atoms with Crippen LogP contribution in [-0.2, 0) is 13.6 Å². The van der Waals surface area contributed by atoms with Gasteiger partial charge in [-0.05, 0) is 20.8 Å². The van der Waals surface area contributed by atoms with Crippen LogP contribution in [0.3, 0.4) is 0 Å². The molecule has 0 unspecified atom stereocenters. The largest absolute Gasteiger partial charge is 0.348 e. The Bertz CT molecular complexity index is 581. The van der Waals surface area contributed by atoms with E-state index in [0.29, 0.717) is 12.1 Å². The molecule has 96 valence electrons. The quantitative estimate of drug-likeness (QED) is 0.849. The molecule has 0 fully saturated rings. The lowest BCUT2D eigenvalue weighted by atomic mass is 10.2. The first-order valence-corrected chi connectivity index (χ1v) is 5.78. The van der Waals surface area contributed by atoms with Crippen molar-refractivity contribution in [3.8, 4) is 0 Å². The summed E-state index contributed by atoms with van der Waals surface area (Å²) < 4.78 is 1.82. The van der Waals surface area contributed by atoms with Crippen molar-refractivity contribution >= 4 is 5.91 Å². The maximum atomic E-state index is 11.9. The fraction of sp³-hybridized carbons (Fsp3) is 0.417. The molecule has 2 aromatic heterocycles. The summed E-state index contributed by atoms with van der Waals surface area (Å²) in [6.07, 6.45) is 1.54. The number of nitrogens with zero attached hydrogens (tertiary/aromatic N) is 3. The second-order valence-corrected chi connectivity index (χ2v) is 4.36. The van der Waals surface area contributed by atoms with Gasteiger partial charge in [0.25, 0.3) is 5.91 Å². The first kappa shape index (κ1) is 12.3. The van der Waals surface area contributed by atoms with Gasteiger partial charge in [-0.3, -0.25) is 14.6 Å². The molecule has 0 aliphatic carbocycles. The van der Waals surface area contributed by atoms with Crippen molar-refractivity contribution in [1.82, 2.24) is 25.3 Å². The van der Waals surface area contributed by atoms with Crippen LogP contribution < -0.4 is 5.32 Å². The number of hydrogen-bond donors (Lipinski definition) is 2. The lowest BCUT2D eigenvalue weighted by Gasteiger charge is -2.05. The average molecular weight is 247 g/mol. The van der Waals surface area contributed by atoms with Gasteiger partial charge in [0, 0.05) is 30.5 Å². The summed E-state index contributed by atoms with van der Waals surface area (Å²) in [7, 11) is 1.90. The molecule has 0 aliphatic rings. The van der Waals surface area contributed by atoms with Gasteiger partial charge in [-0.2, -0.15) is 10.2 Å². The molecule has 1 amide bonds. The van der Waals surface area contributed by atoms with Gasteiger partial charge in [-0.1, -0.05) is 0 Å². The van der Waals surface area contributed by atoms with Crippen molar-refractivity contribution in [3.63, 3.8) is 0 Å². The minimum absolute atomic E-state index is 0.121. The van der Waals surface area contributed by atoms with Crippen LogP contribution in [0.4, 0.5) is 0 Å². The predicted octanol–water partition coefficient (Wildman–Crippen LogP) is 0.998. The zero-order valence-corrected chi connectivity index (χ0v) is 11.0. The third-order valence-corrected chi connectivity index (χ3v) is 3.16. The van der Waals surface area contributed by atoms with Crippen molar-refractivity contribution < 1.29 is 4.79 Å². The first-order valence-electron chi connectivity index (χ1n) is 5.78. The molecule has 2 N–H and O–H groups in total. The fourth-order valence-corrected chi connectivity index (χ4v) is 1.92. The highest BCUT2D eigenvalue weighted by Crippen LogP contribution is 2.11. The minimum Gasteiger partial charge on any atom is -0.348 e. The number of amides is 1. The van der Waals surface area contributed by atoms with E-state index in [4.69, 9.17) is 0 Å². The molecule has 0 aromatic carbocycles. The summed E-state index contributed by atoms with van der Waals surface area (Å²) in [5.41, 5.74) is 4.42. The molecule has 2 heterocycles. The molecule has 6 heteroatoms. The molecule has 0 atom stereocenters. The lowest BCUT2D eigenvalue weighted by molar-refractivity contribution is 0.0950. The fourth-order valence-electron chi connectivity index (χ4n) is 1.92. The molecule has 0 radical (unpaired) electrons. The Morgan fingerprint density at radius 1 is 1.44 bits per heavy atom. The van der Waals surface area contributed by atoms with Crippen molar-refractivity contribution in [2.45, 2.75) is 27.3 Å². The maximum Gasteiger partial charge on any atom is 0.255 e. The zero-order valence-electron chi connectivity index (χ0n) is 11.0. The first-order chi connectivity index (χ1) is 8.50. The number of aryl methyl sites for hydroxylation is 3. The van der Waals surface area contributed by atoms with Gasteiger partial charge in [0.1, 0.15) is 0 Å². The Hall–Kier alpha value is -2.11. The molecule has 6 nitrogen and oxygen atoms in total. The lowest BCUT2D eigenvalue weighted by Crippen LogP contribution is -2.23. The number of aromatic amines is 1. The highest BCUT2D eigenvalue weighted by atomic mass is 16.1. The van der Waals surface area contributed by atoms with E-state index in [2.05, 4.69) is 20.6 Å². The summed E-state index contributed by atoms with van der Waals surface area (Å²) in [5, 5.41) is 13.8. The van der Waals surface area contributed by atoms with Crippen LogP contribution in [0.1, 0.15) is 33.0 Å². The molecule has 0 saturated heterocycles. The van der Waals surface area contributed by atoms with Gasteiger partial charge in [-0.25, -0.2) is 0 Å². The normalized spacial score (nSPS) is 10.7. The molecule has 0 aliphatic heterocycles. The number of rotatable bonds is 3. The number of nitrogens with one attached hydrogen (secondary N) is 2. The SMILES string of the molecule is Cc1nn(C)c(C)c1CNC(=O)c1cn[nH]c1C. The monoisotopic (exact) mass is 247 g/mol. The molecular formula is C12H17N5O. The van der Waals surface area contributed by atoms with Gasteiger partial charge in [0.05, 0.1) is 17.5 Å². The summed E-state index contributed by atoms with van der Waals surface area (Å²) in [4.78, 5) is 11.9. The Kier molecular flexibility index (Phi) is 3.18. The van der Waals surface area contributed by atoms with Gasteiger partial charge < -0.3 is 5.32 Å². The molecule has 18 heavy (non-hydrogen) atoms. The third kappa shape index (κ3) is 2.13. The number of carbonyl (C=O) groups excluding carboxylic acids is 1. The third-order valence-electron chi connectivity index (χ3n) is 3.16. The molecular weight excluding hydrogens is 230 g/mol. The van der Waals surface area contributed by atoms with Crippen LogP contribution in [0.5, 0.6) is 0 Å². The summed E-state index contributed by atoms with van der Waals surface area (Å²) in [5.74, 6) is -0.121. The summed E-state index contributed by atoms with van der Waals surface area (Å²) >= 11 is 0. The average Bonchev–Trinajstić information content (AvgIpc) is 2.83. The van der Waals surface area contributed by atoms with E-state index >= 15 is 0 Å². The Balaban J connectivity index is 2.09. The number of carbonyl (C=O) groups is 1. The van der Waals surface area contributed by atoms with Crippen LogP contribution in [0.25, 0.3) is 0 Å². The standard InChI is InChI=1S/C12H17N5O/c1-7-11(6-14-15-7)12(18)13-5-10-8(2)16-17(4)9(10)3/h6H,5H2,1-4H3,(H,13,18)(H,14,15). The van der Waals surface area contributed by atoms with Gasteiger partial charge in [0.15, 0.2) is 0 Å². The Morgan fingerprint density at radius 3 is 2.67 bits per heavy atom. The van der Waals surface area contributed by atoms with Crippen molar-refractivity contribution in [3.05, 3.63) is 34.4 Å². The molecule has 0 saturated carbocycles. The van der Waals surface area contributed by atoms with E-state index in [-0.39, 0.29) is 5.91 Å². The van der Waals surface area contributed by atoms with Crippen LogP contribution in [0, 0.1) is 20.8 Å². The molecule has 2 aromatic rings. The molecule has 0 bridgehead atoms. The summed E-state index contributed by atoms with van der Waals surface area (Å²) in [6.45, 7) is 6.24. The van der Waals surface area contributed by atoms with E-state index in [1.54, 1.807) is 0 Å². The van der Waals surface area contributed by atoms with Gasteiger partial charge in [0.2, 0.25) is 0 Å². The minimum atomic E-state index is -0.121. The Morgan fingerprint density at radius 2 is 2.17 bits per heavy atom. The van der Waals surface area contributed by atoms with E-state index < -0.39 is 0 Å².